The van der Waals surface area contributed by atoms with Crippen LogP contribution in [0.3, 0.4) is 0 Å². The third-order valence-electron chi connectivity index (χ3n) is 4.51. The molecule has 2 heterocycles. The number of aryl methyl sites for hydroxylation is 2. The van der Waals surface area contributed by atoms with E-state index in [0.717, 1.165) is 48.0 Å². The predicted octanol–water partition coefficient (Wildman–Crippen LogP) is 3.28. The van der Waals surface area contributed by atoms with Crippen molar-refractivity contribution in [2.45, 2.75) is 45.6 Å². The number of furan rings is 1. The summed E-state index contributed by atoms with van der Waals surface area (Å²) in [6.07, 6.45) is 5.54. The van der Waals surface area contributed by atoms with Crippen LogP contribution in [0.15, 0.2) is 22.8 Å². The van der Waals surface area contributed by atoms with Gasteiger partial charge in [-0.05, 0) is 44.2 Å². The molecule has 4 heteroatoms. The summed E-state index contributed by atoms with van der Waals surface area (Å²) in [5, 5.41) is 4.02. The first kappa shape index (κ1) is 15.1. The van der Waals surface area contributed by atoms with E-state index >= 15 is 0 Å². The highest BCUT2D eigenvalue weighted by molar-refractivity contribution is 5.89. The van der Waals surface area contributed by atoms with Crippen LogP contribution < -0.4 is 5.32 Å². The smallest absolute Gasteiger partial charge is 0.224 e. The Morgan fingerprint density at radius 2 is 2.23 bits per heavy atom. The Morgan fingerprint density at radius 1 is 1.36 bits per heavy atom. The van der Waals surface area contributed by atoms with Crippen LogP contribution in [0.2, 0.25) is 0 Å². The first-order chi connectivity index (χ1) is 10.6. The summed E-state index contributed by atoms with van der Waals surface area (Å²) in [7, 11) is 0. The molecule has 0 aliphatic carbocycles. The minimum Gasteiger partial charge on any atom is -0.464 e. The number of benzene rings is 1. The summed E-state index contributed by atoms with van der Waals surface area (Å²) in [5.74, 6) is 0.0407. The summed E-state index contributed by atoms with van der Waals surface area (Å²) >= 11 is 0. The van der Waals surface area contributed by atoms with E-state index in [2.05, 4.69) is 18.3 Å². The quantitative estimate of drug-likeness (QED) is 0.922. The average Bonchev–Trinajstić information content (AvgIpc) is 3.13. The van der Waals surface area contributed by atoms with Gasteiger partial charge >= 0.3 is 0 Å². The molecule has 1 aromatic carbocycles. The summed E-state index contributed by atoms with van der Waals surface area (Å²) in [6, 6.07) is 4.11. The zero-order valence-electron chi connectivity index (χ0n) is 13.3. The zero-order valence-corrected chi connectivity index (χ0v) is 13.3. The molecule has 2 aromatic rings. The zero-order chi connectivity index (χ0) is 15.5. The molecule has 1 amide bonds. The highest BCUT2D eigenvalue weighted by atomic mass is 16.5. The topological polar surface area (TPSA) is 51.5 Å². The maximum Gasteiger partial charge on any atom is 0.224 e. The third-order valence-corrected chi connectivity index (χ3v) is 4.51. The van der Waals surface area contributed by atoms with Crippen LogP contribution in [0.25, 0.3) is 11.0 Å². The number of carbonyl (C=O) groups is 1. The highest BCUT2D eigenvalue weighted by Gasteiger charge is 2.16. The fraction of sp³-hybridized carbons (Fsp3) is 0.500. The van der Waals surface area contributed by atoms with Gasteiger partial charge in [0.2, 0.25) is 5.91 Å². The lowest BCUT2D eigenvalue weighted by Crippen LogP contribution is -2.28. The van der Waals surface area contributed by atoms with Crippen molar-refractivity contribution in [1.82, 2.24) is 5.32 Å². The molecule has 1 unspecified atom stereocenters. The van der Waals surface area contributed by atoms with Gasteiger partial charge in [-0.15, -0.1) is 0 Å². The number of fused-ring (bicyclic) bond motifs is 1. The number of ether oxygens (including phenoxy) is 1. The van der Waals surface area contributed by atoms with Crippen LogP contribution >= 0.6 is 0 Å². The van der Waals surface area contributed by atoms with Crippen LogP contribution in [0, 0.1) is 13.8 Å². The normalized spacial score (nSPS) is 18.0. The van der Waals surface area contributed by atoms with E-state index in [1.165, 1.54) is 5.56 Å². The lowest BCUT2D eigenvalue weighted by atomic mass is 10.0. The molecule has 0 spiro atoms. The second-order valence-electron chi connectivity index (χ2n) is 6.10. The van der Waals surface area contributed by atoms with Gasteiger partial charge in [0, 0.05) is 24.1 Å². The molecule has 1 saturated heterocycles. The van der Waals surface area contributed by atoms with E-state index in [4.69, 9.17) is 9.15 Å². The second-order valence-corrected chi connectivity index (χ2v) is 6.10. The molecule has 1 atom stereocenters. The molecule has 0 bridgehead atoms. The summed E-state index contributed by atoms with van der Waals surface area (Å²) < 4.78 is 11.2. The van der Waals surface area contributed by atoms with Crippen LogP contribution in [0.4, 0.5) is 0 Å². The van der Waals surface area contributed by atoms with Gasteiger partial charge in [-0.2, -0.15) is 0 Å². The van der Waals surface area contributed by atoms with Gasteiger partial charge in [-0.1, -0.05) is 12.1 Å². The minimum absolute atomic E-state index is 0.0407. The van der Waals surface area contributed by atoms with Crippen molar-refractivity contribution in [2.75, 3.05) is 13.2 Å². The summed E-state index contributed by atoms with van der Waals surface area (Å²) in [4.78, 5) is 12.1. The van der Waals surface area contributed by atoms with Gasteiger partial charge in [0.05, 0.1) is 18.8 Å². The number of amides is 1. The number of hydrogen-bond acceptors (Lipinski definition) is 3. The van der Waals surface area contributed by atoms with Crippen LogP contribution in [0.5, 0.6) is 0 Å². The summed E-state index contributed by atoms with van der Waals surface area (Å²) in [5.41, 5.74) is 4.19. The molecule has 0 saturated carbocycles. The van der Waals surface area contributed by atoms with Crippen molar-refractivity contribution in [3.8, 4) is 0 Å². The molecule has 1 fully saturated rings. The fourth-order valence-electron chi connectivity index (χ4n) is 3.01. The molecule has 118 valence electrons. The molecule has 22 heavy (non-hydrogen) atoms. The Hall–Kier alpha value is -1.81. The number of rotatable bonds is 5. The van der Waals surface area contributed by atoms with Crippen LogP contribution in [0.1, 0.15) is 36.0 Å². The monoisotopic (exact) mass is 301 g/mol. The Morgan fingerprint density at radius 3 is 3.00 bits per heavy atom. The van der Waals surface area contributed by atoms with Crippen molar-refractivity contribution in [2.24, 2.45) is 0 Å². The number of carbonyl (C=O) groups excluding carboxylic acids is 1. The third kappa shape index (κ3) is 3.17. The highest BCUT2D eigenvalue weighted by Crippen LogP contribution is 2.26. The Balaban J connectivity index is 1.58. The Kier molecular flexibility index (Phi) is 4.48. The maximum absolute atomic E-state index is 12.1. The van der Waals surface area contributed by atoms with Crippen LogP contribution in [-0.2, 0) is 16.0 Å². The van der Waals surface area contributed by atoms with Gasteiger partial charge in [0.15, 0.2) is 0 Å². The van der Waals surface area contributed by atoms with E-state index in [9.17, 15) is 4.79 Å². The molecule has 1 aliphatic heterocycles. The van der Waals surface area contributed by atoms with Crippen molar-refractivity contribution in [1.29, 1.82) is 0 Å². The average molecular weight is 301 g/mol. The van der Waals surface area contributed by atoms with E-state index < -0.39 is 0 Å². The largest absolute Gasteiger partial charge is 0.464 e. The number of hydrogen-bond donors (Lipinski definition) is 1. The van der Waals surface area contributed by atoms with Gasteiger partial charge < -0.3 is 14.5 Å². The predicted molar refractivity (Wildman–Crippen MR) is 86.0 cm³/mol. The van der Waals surface area contributed by atoms with Crippen LogP contribution in [-0.4, -0.2) is 25.2 Å². The Bertz CT molecular complexity index is 668. The first-order valence-corrected chi connectivity index (χ1v) is 7.99. The van der Waals surface area contributed by atoms with Gasteiger partial charge in [-0.3, -0.25) is 4.79 Å². The second kappa shape index (κ2) is 6.53. The first-order valence-electron chi connectivity index (χ1n) is 7.99. The SMILES string of the molecule is Cc1ccc2c(CC(=O)NCCC3CCCO3)coc2c1C. The van der Waals surface area contributed by atoms with E-state index in [1.807, 2.05) is 13.0 Å². The molecule has 4 nitrogen and oxygen atoms in total. The molecule has 1 aliphatic rings. The van der Waals surface area contributed by atoms with Crippen molar-refractivity contribution < 1.29 is 13.9 Å². The van der Waals surface area contributed by atoms with E-state index in [0.29, 0.717) is 19.1 Å². The Labute approximate surface area is 130 Å². The van der Waals surface area contributed by atoms with E-state index in [-0.39, 0.29) is 5.91 Å². The lowest BCUT2D eigenvalue weighted by molar-refractivity contribution is -0.120. The molecule has 1 aromatic heterocycles. The molecule has 0 radical (unpaired) electrons. The van der Waals surface area contributed by atoms with Crippen molar-refractivity contribution in [3.63, 3.8) is 0 Å². The van der Waals surface area contributed by atoms with Gasteiger partial charge in [0.1, 0.15) is 5.58 Å². The maximum atomic E-state index is 12.1. The lowest BCUT2D eigenvalue weighted by Gasteiger charge is -2.09. The molecular formula is C18H23NO3. The fourth-order valence-corrected chi connectivity index (χ4v) is 3.01. The molecule has 3 rings (SSSR count). The molecule has 1 N–H and O–H groups in total. The number of nitrogens with one attached hydrogen (secondary N) is 1. The summed E-state index contributed by atoms with van der Waals surface area (Å²) in [6.45, 7) is 5.65. The minimum atomic E-state index is 0.0407. The van der Waals surface area contributed by atoms with Crippen molar-refractivity contribution in [3.05, 3.63) is 35.1 Å². The van der Waals surface area contributed by atoms with Gasteiger partial charge in [0.25, 0.3) is 0 Å². The van der Waals surface area contributed by atoms with Crippen molar-refractivity contribution >= 4 is 16.9 Å². The molecular weight excluding hydrogens is 278 g/mol. The van der Waals surface area contributed by atoms with E-state index in [1.54, 1.807) is 6.26 Å². The standard InChI is InChI=1S/C18H23NO3/c1-12-5-6-16-14(11-22-18(16)13(12)2)10-17(20)19-8-7-15-4-3-9-21-15/h5-6,11,15H,3-4,7-10H2,1-2H3,(H,19,20). The van der Waals surface area contributed by atoms with Gasteiger partial charge in [-0.25, -0.2) is 0 Å².